The molecule has 128 valence electrons. The molecule has 0 radical (unpaired) electrons. The van der Waals surface area contributed by atoms with E-state index >= 15 is 0 Å². The van der Waals surface area contributed by atoms with Crippen LogP contribution < -0.4 is 10.1 Å². The van der Waals surface area contributed by atoms with Crippen LogP contribution in [-0.4, -0.2) is 38.5 Å². The summed E-state index contributed by atoms with van der Waals surface area (Å²) in [4.78, 5) is 12.0. The Morgan fingerprint density at radius 1 is 1.43 bits per heavy atom. The highest BCUT2D eigenvalue weighted by molar-refractivity contribution is 7.91. The normalized spacial score (nSPS) is 19.8. The second-order valence-corrected chi connectivity index (χ2v) is 8.89. The minimum absolute atomic E-state index is 0.00996. The number of hydrogen-bond donors (Lipinski definition) is 1. The summed E-state index contributed by atoms with van der Waals surface area (Å²) >= 11 is 6.14. The minimum atomic E-state index is -3.01. The second kappa shape index (κ2) is 7.09. The van der Waals surface area contributed by atoms with Crippen LogP contribution in [0.3, 0.4) is 0 Å². The second-order valence-electron chi connectivity index (χ2n) is 6.25. The molecule has 1 aliphatic heterocycles. The maximum absolute atomic E-state index is 12.0. The molecule has 0 aliphatic carbocycles. The Morgan fingerprint density at radius 2 is 2.13 bits per heavy atom. The molecule has 0 saturated carbocycles. The summed E-state index contributed by atoms with van der Waals surface area (Å²) in [5, 5.41) is 3.38. The summed E-state index contributed by atoms with van der Waals surface area (Å²) < 4.78 is 28.4. The fraction of sp³-hybridized carbons (Fsp3) is 0.562. The molecule has 2 rings (SSSR count). The van der Waals surface area contributed by atoms with E-state index in [4.69, 9.17) is 16.3 Å². The van der Waals surface area contributed by atoms with Crippen molar-refractivity contribution in [3.63, 3.8) is 0 Å². The molecular weight excluding hydrogens is 338 g/mol. The maximum atomic E-state index is 12.0. The number of carbonyl (C=O) groups excluding carboxylic acids is 1. The van der Waals surface area contributed by atoms with E-state index in [1.807, 2.05) is 32.9 Å². The zero-order valence-corrected chi connectivity index (χ0v) is 15.1. The van der Waals surface area contributed by atoms with E-state index in [-0.39, 0.29) is 36.0 Å². The minimum Gasteiger partial charge on any atom is -0.483 e. The lowest BCUT2D eigenvalue weighted by molar-refractivity contribution is -0.123. The van der Waals surface area contributed by atoms with Crippen molar-refractivity contribution in [3.05, 3.63) is 28.3 Å². The van der Waals surface area contributed by atoms with Crippen LogP contribution in [0.5, 0.6) is 5.75 Å². The van der Waals surface area contributed by atoms with Gasteiger partial charge >= 0.3 is 0 Å². The zero-order chi connectivity index (χ0) is 17.2. The number of aryl methyl sites for hydroxylation is 1. The van der Waals surface area contributed by atoms with Gasteiger partial charge in [0.05, 0.1) is 11.5 Å². The van der Waals surface area contributed by atoms with E-state index in [2.05, 4.69) is 5.32 Å². The Kier molecular flexibility index (Phi) is 5.57. The van der Waals surface area contributed by atoms with Gasteiger partial charge in [-0.2, -0.15) is 0 Å². The number of ether oxygens (including phenoxy) is 1. The number of carbonyl (C=O) groups is 1. The maximum Gasteiger partial charge on any atom is 0.258 e. The number of sulfone groups is 1. The van der Waals surface area contributed by atoms with E-state index in [1.54, 1.807) is 0 Å². The molecule has 0 bridgehead atoms. The quantitative estimate of drug-likeness (QED) is 0.876. The summed E-state index contributed by atoms with van der Waals surface area (Å²) in [5.41, 5.74) is 1.82. The van der Waals surface area contributed by atoms with Crippen molar-refractivity contribution in [1.82, 2.24) is 5.32 Å². The third-order valence-electron chi connectivity index (χ3n) is 3.87. The zero-order valence-electron chi connectivity index (χ0n) is 13.6. The topological polar surface area (TPSA) is 72.5 Å². The number of hydrogen-bond acceptors (Lipinski definition) is 4. The third kappa shape index (κ3) is 4.85. The smallest absolute Gasteiger partial charge is 0.258 e. The van der Waals surface area contributed by atoms with Gasteiger partial charge < -0.3 is 10.1 Å². The third-order valence-corrected chi connectivity index (χ3v) is 6.04. The standard InChI is InChI=1S/C16H22ClNO4S/c1-10(2)13-7-14(17)11(3)6-15(13)22-8-16(19)18-12-4-5-23(20,21)9-12/h6-7,10,12H,4-5,8-9H2,1-3H3,(H,18,19)/t12-/m1/s1. The van der Waals surface area contributed by atoms with Crippen LogP contribution in [0.1, 0.15) is 37.3 Å². The predicted octanol–water partition coefficient (Wildman–Crippen LogP) is 2.45. The van der Waals surface area contributed by atoms with Crippen molar-refractivity contribution in [2.24, 2.45) is 0 Å². The fourth-order valence-corrected chi connectivity index (χ4v) is 4.41. The van der Waals surface area contributed by atoms with Crippen molar-refractivity contribution in [1.29, 1.82) is 0 Å². The molecule has 1 amide bonds. The molecule has 1 atom stereocenters. The molecule has 1 N–H and O–H groups in total. The average molecular weight is 360 g/mol. The molecule has 23 heavy (non-hydrogen) atoms. The van der Waals surface area contributed by atoms with Crippen LogP contribution in [0.15, 0.2) is 12.1 Å². The molecule has 0 unspecified atom stereocenters. The molecule has 1 heterocycles. The molecule has 1 aromatic rings. The van der Waals surface area contributed by atoms with Crippen molar-refractivity contribution in [2.45, 2.75) is 39.2 Å². The van der Waals surface area contributed by atoms with Crippen LogP contribution in [0.2, 0.25) is 5.02 Å². The highest BCUT2D eigenvalue weighted by atomic mass is 35.5. The Labute approximate surface area is 142 Å². The van der Waals surface area contributed by atoms with Crippen molar-refractivity contribution >= 4 is 27.3 Å². The first-order valence-electron chi connectivity index (χ1n) is 7.60. The van der Waals surface area contributed by atoms with Gasteiger partial charge in [-0.1, -0.05) is 25.4 Å². The molecule has 1 saturated heterocycles. The lowest BCUT2D eigenvalue weighted by atomic mass is 10.0. The Hall–Kier alpha value is -1.27. The van der Waals surface area contributed by atoms with Crippen molar-refractivity contribution in [2.75, 3.05) is 18.1 Å². The lowest BCUT2D eigenvalue weighted by Gasteiger charge is -2.17. The monoisotopic (exact) mass is 359 g/mol. The molecule has 1 fully saturated rings. The SMILES string of the molecule is Cc1cc(OCC(=O)N[C@@H]2CCS(=O)(=O)C2)c(C(C)C)cc1Cl. The van der Waals surface area contributed by atoms with E-state index < -0.39 is 9.84 Å². The molecule has 5 nitrogen and oxygen atoms in total. The van der Waals surface area contributed by atoms with Crippen LogP contribution in [0, 0.1) is 6.92 Å². The summed E-state index contributed by atoms with van der Waals surface area (Å²) in [5.74, 6) is 0.680. The number of rotatable bonds is 5. The summed E-state index contributed by atoms with van der Waals surface area (Å²) in [6.45, 7) is 5.79. The number of amides is 1. The largest absolute Gasteiger partial charge is 0.483 e. The summed E-state index contributed by atoms with van der Waals surface area (Å²) in [6.07, 6.45) is 0.464. The summed E-state index contributed by atoms with van der Waals surface area (Å²) in [6, 6.07) is 3.37. The molecule has 0 aromatic heterocycles. The van der Waals surface area contributed by atoms with Gasteiger partial charge in [0, 0.05) is 11.1 Å². The van der Waals surface area contributed by atoms with Crippen LogP contribution in [-0.2, 0) is 14.6 Å². The highest BCUT2D eigenvalue weighted by Crippen LogP contribution is 2.31. The summed E-state index contributed by atoms with van der Waals surface area (Å²) in [7, 11) is -3.01. The molecule has 0 spiro atoms. The predicted molar refractivity (Wildman–Crippen MR) is 91.0 cm³/mol. The van der Waals surface area contributed by atoms with E-state index in [9.17, 15) is 13.2 Å². The highest BCUT2D eigenvalue weighted by Gasteiger charge is 2.29. The number of benzene rings is 1. The van der Waals surface area contributed by atoms with Gasteiger partial charge in [0.2, 0.25) is 0 Å². The van der Waals surface area contributed by atoms with Gasteiger partial charge in [0.25, 0.3) is 5.91 Å². The van der Waals surface area contributed by atoms with E-state index in [1.165, 1.54) is 0 Å². The van der Waals surface area contributed by atoms with E-state index in [0.717, 1.165) is 11.1 Å². The molecular formula is C16H22ClNO4S. The van der Waals surface area contributed by atoms with Crippen LogP contribution in [0.4, 0.5) is 0 Å². The average Bonchev–Trinajstić information content (AvgIpc) is 2.78. The van der Waals surface area contributed by atoms with Gasteiger partial charge in [-0.05, 0) is 42.5 Å². The van der Waals surface area contributed by atoms with Crippen molar-refractivity contribution in [3.8, 4) is 5.75 Å². The van der Waals surface area contributed by atoms with Gasteiger partial charge in [-0.3, -0.25) is 4.79 Å². The Morgan fingerprint density at radius 3 is 2.70 bits per heavy atom. The number of nitrogens with one attached hydrogen (secondary N) is 1. The van der Waals surface area contributed by atoms with Gasteiger partial charge in [0.15, 0.2) is 16.4 Å². The van der Waals surface area contributed by atoms with E-state index in [0.29, 0.717) is 17.2 Å². The molecule has 1 aromatic carbocycles. The molecule has 7 heteroatoms. The Balaban J connectivity index is 1.98. The first-order chi connectivity index (χ1) is 10.7. The number of halogens is 1. The van der Waals surface area contributed by atoms with Gasteiger partial charge in [-0.25, -0.2) is 8.42 Å². The Bertz CT molecular complexity index is 700. The molecule has 1 aliphatic rings. The lowest BCUT2D eigenvalue weighted by Crippen LogP contribution is -2.38. The van der Waals surface area contributed by atoms with Crippen LogP contribution in [0.25, 0.3) is 0 Å². The first-order valence-corrected chi connectivity index (χ1v) is 9.80. The first kappa shape index (κ1) is 18.1. The van der Waals surface area contributed by atoms with Crippen LogP contribution >= 0.6 is 11.6 Å². The van der Waals surface area contributed by atoms with Gasteiger partial charge in [-0.15, -0.1) is 0 Å². The fourth-order valence-electron chi connectivity index (χ4n) is 2.57. The van der Waals surface area contributed by atoms with Gasteiger partial charge in [0.1, 0.15) is 5.75 Å². The van der Waals surface area contributed by atoms with Crippen molar-refractivity contribution < 1.29 is 17.9 Å².